The van der Waals surface area contributed by atoms with Crippen molar-refractivity contribution in [1.82, 2.24) is 15.1 Å². The van der Waals surface area contributed by atoms with E-state index in [-0.39, 0.29) is 5.91 Å². The Morgan fingerprint density at radius 2 is 2.00 bits per heavy atom. The molecule has 0 atom stereocenters. The van der Waals surface area contributed by atoms with Crippen molar-refractivity contribution in [2.45, 2.75) is 30.9 Å². The number of carbonyl (C=O) groups is 1. The monoisotopic (exact) mass is 351 g/mol. The SMILES string of the molecule is O=C(CSc1nnc(-c2cccc(Cl)c2)o1)N1CCCCCC1. The highest BCUT2D eigenvalue weighted by Gasteiger charge is 2.17. The fourth-order valence-corrected chi connectivity index (χ4v) is 3.40. The fraction of sp³-hybridized carbons (Fsp3) is 0.438. The molecule has 0 unspecified atom stereocenters. The van der Waals surface area contributed by atoms with Crippen LogP contribution in [-0.4, -0.2) is 39.8 Å². The van der Waals surface area contributed by atoms with Gasteiger partial charge >= 0.3 is 0 Å². The summed E-state index contributed by atoms with van der Waals surface area (Å²) >= 11 is 7.24. The quantitative estimate of drug-likeness (QED) is 0.782. The highest BCUT2D eigenvalue weighted by atomic mass is 35.5. The van der Waals surface area contributed by atoms with Crippen LogP contribution in [-0.2, 0) is 4.79 Å². The Labute approximate surface area is 144 Å². The average Bonchev–Trinajstić information content (AvgIpc) is 2.86. The van der Waals surface area contributed by atoms with Crippen molar-refractivity contribution >= 4 is 29.3 Å². The first-order chi connectivity index (χ1) is 11.2. The number of benzene rings is 1. The summed E-state index contributed by atoms with van der Waals surface area (Å²) in [7, 11) is 0. The number of thioether (sulfide) groups is 1. The number of nitrogens with zero attached hydrogens (tertiary/aromatic N) is 3. The average molecular weight is 352 g/mol. The minimum atomic E-state index is 0.138. The van der Waals surface area contributed by atoms with E-state index >= 15 is 0 Å². The predicted octanol–water partition coefficient (Wildman–Crippen LogP) is 3.88. The number of rotatable bonds is 4. The minimum absolute atomic E-state index is 0.138. The van der Waals surface area contributed by atoms with Crippen LogP contribution in [0.3, 0.4) is 0 Å². The number of likely N-dealkylation sites (tertiary alicyclic amines) is 1. The van der Waals surface area contributed by atoms with E-state index in [1.165, 1.54) is 24.6 Å². The molecule has 3 rings (SSSR count). The van der Waals surface area contributed by atoms with Gasteiger partial charge in [-0.1, -0.05) is 42.3 Å². The third-order valence-electron chi connectivity index (χ3n) is 3.76. The lowest BCUT2D eigenvalue weighted by Gasteiger charge is -2.19. The van der Waals surface area contributed by atoms with Crippen LogP contribution < -0.4 is 0 Å². The summed E-state index contributed by atoms with van der Waals surface area (Å²) in [6.45, 7) is 1.72. The maximum atomic E-state index is 12.2. The van der Waals surface area contributed by atoms with Crippen LogP contribution in [0.15, 0.2) is 33.9 Å². The number of carbonyl (C=O) groups excluding carboxylic acids is 1. The van der Waals surface area contributed by atoms with Crippen molar-refractivity contribution in [1.29, 1.82) is 0 Å². The molecule has 0 bridgehead atoms. The lowest BCUT2D eigenvalue weighted by atomic mass is 10.2. The summed E-state index contributed by atoms with van der Waals surface area (Å²) in [6.07, 6.45) is 4.61. The second-order valence-corrected chi connectivity index (χ2v) is 6.83. The number of aromatic nitrogens is 2. The molecule has 122 valence electrons. The zero-order valence-electron chi connectivity index (χ0n) is 12.7. The Morgan fingerprint density at radius 1 is 1.22 bits per heavy atom. The second-order valence-electron chi connectivity index (χ2n) is 5.47. The van der Waals surface area contributed by atoms with Gasteiger partial charge in [0, 0.05) is 23.7 Å². The van der Waals surface area contributed by atoms with Gasteiger partial charge in [0.2, 0.25) is 11.8 Å². The molecule has 1 aliphatic rings. The molecule has 0 spiro atoms. The van der Waals surface area contributed by atoms with Crippen molar-refractivity contribution in [2.24, 2.45) is 0 Å². The van der Waals surface area contributed by atoms with Crippen molar-refractivity contribution in [2.75, 3.05) is 18.8 Å². The zero-order chi connectivity index (χ0) is 16.1. The normalized spacial score (nSPS) is 15.4. The molecule has 23 heavy (non-hydrogen) atoms. The summed E-state index contributed by atoms with van der Waals surface area (Å²) in [6, 6.07) is 7.25. The predicted molar refractivity (Wildman–Crippen MR) is 90.5 cm³/mol. The van der Waals surface area contributed by atoms with E-state index in [1.807, 2.05) is 17.0 Å². The van der Waals surface area contributed by atoms with E-state index < -0.39 is 0 Å². The first-order valence-electron chi connectivity index (χ1n) is 7.72. The van der Waals surface area contributed by atoms with Gasteiger partial charge in [-0.2, -0.15) is 0 Å². The summed E-state index contributed by atoms with van der Waals surface area (Å²) in [4.78, 5) is 14.2. The van der Waals surface area contributed by atoms with Gasteiger partial charge in [0.15, 0.2) is 0 Å². The molecular weight excluding hydrogens is 334 g/mol. The van der Waals surface area contributed by atoms with E-state index in [2.05, 4.69) is 10.2 Å². The maximum absolute atomic E-state index is 12.2. The van der Waals surface area contributed by atoms with Gasteiger partial charge in [0.1, 0.15) is 0 Å². The van der Waals surface area contributed by atoms with Crippen LogP contribution in [0.5, 0.6) is 0 Å². The third kappa shape index (κ3) is 4.48. The standard InChI is InChI=1S/C16H18ClN3O2S/c17-13-7-5-6-12(10-13)15-18-19-16(22-15)23-11-14(21)20-8-3-1-2-4-9-20/h5-7,10H,1-4,8-9,11H2. The van der Waals surface area contributed by atoms with Crippen LogP contribution in [0.1, 0.15) is 25.7 Å². The van der Waals surface area contributed by atoms with Gasteiger partial charge in [0.05, 0.1) is 5.75 Å². The molecule has 2 heterocycles. The van der Waals surface area contributed by atoms with Crippen molar-refractivity contribution in [3.05, 3.63) is 29.3 Å². The summed E-state index contributed by atoms with van der Waals surface area (Å²) < 4.78 is 5.60. The smallest absolute Gasteiger partial charge is 0.277 e. The zero-order valence-corrected chi connectivity index (χ0v) is 14.3. The lowest BCUT2D eigenvalue weighted by molar-refractivity contribution is -0.128. The Morgan fingerprint density at radius 3 is 2.74 bits per heavy atom. The number of amides is 1. The van der Waals surface area contributed by atoms with E-state index in [0.29, 0.717) is 21.9 Å². The summed E-state index contributed by atoms with van der Waals surface area (Å²) in [5.41, 5.74) is 0.774. The molecule has 0 saturated carbocycles. The molecule has 1 aliphatic heterocycles. The maximum Gasteiger partial charge on any atom is 0.277 e. The number of hydrogen-bond donors (Lipinski definition) is 0. The Balaban J connectivity index is 1.57. The largest absolute Gasteiger partial charge is 0.411 e. The first kappa shape index (κ1) is 16.3. The van der Waals surface area contributed by atoms with Crippen molar-refractivity contribution in [3.63, 3.8) is 0 Å². The van der Waals surface area contributed by atoms with Crippen LogP contribution in [0.25, 0.3) is 11.5 Å². The fourth-order valence-electron chi connectivity index (χ4n) is 2.54. The molecule has 0 radical (unpaired) electrons. The van der Waals surface area contributed by atoms with Crippen LogP contribution in [0.2, 0.25) is 5.02 Å². The number of halogens is 1. The van der Waals surface area contributed by atoms with Crippen molar-refractivity contribution < 1.29 is 9.21 Å². The molecule has 1 fully saturated rings. The molecular formula is C16H18ClN3O2S. The molecule has 2 aromatic rings. The van der Waals surface area contributed by atoms with Gasteiger partial charge in [-0.15, -0.1) is 10.2 Å². The molecule has 1 aromatic carbocycles. The highest BCUT2D eigenvalue weighted by molar-refractivity contribution is 7.99. The van der Waals surface area contributed by atoms with E-state index in [4.69, 9.17) is 16.0 Å². The molecule has 1 aromatic heterocycles. The second kappa shape index (κ2) is 7.84. The van der Waals surface area contributed by atoms with Gasteiger partial charge in [-0.3, -0.25) is 4.79 Å². The molecule has 1 saturated heterocycles. The topological polar surface area (TPSA) is 59.2 Å². The molecule has 0 aliphatic carbocycles. The molecule has 5 nitrogen and oxygen atoms in total. The van der Waals surface area contributed by atoms with Crippen LogP contribution in [0.4, 0.5) is 0 Å². The van der Waals surface area contributed by atoms with Gasteiger partial charge in [0.25, 0.3) is 5.22 Å². The van der Waals surface area contributed by atoms with Gasteiger partial charge < -0.3 is 9.32 Å². The molecule has 1 amide bonds. The highest BCUT2D eigenvalue weighted by Crippen LogP contribution is 2.25. The summed E-state index contributed by atoms with van der Waals surface area (Å²) in [5.74, 6) is 0.883. The van der Waals surface area contributed by atoms with E-state index in [9.17, 15) is 4.79 Å². The Bertz CT molecular complexity index is 669. The molecule has 0 N–H and O–H groups in total. The van der Waals surface area contributed by atoms with Crippen LogP contribution >= 0.6 is 23.4 Å². The van der Waals surface area contributed by atoms with Crippen molar-refractivity contribution in [3.8, 4) is 11.5 Å². The lowest BCUT2D eigenvalue weighted by Crippen LogP contribution is -2.33. The Kier molecular flexibility index (Phi) is 5.56. The number of hydrogen-bond acceptors (Lipinski definition) is 5. The van der Waals surface area contributed by atoms with Crippen LogP contribution in [0, 0.1) is 0 Å². The Hall–Kier alpha value is -1.53. The minimum Gasteiger partial charge on any atom is -0.411 e. The van der Waals surface area contributed by atoms with Gasteiger partial charge in [-0.05, 0) is 31.0 Å². The molecule has 7 heteroatoms. The van der Waals surface area contributed by atoms with E-state index in [1.54, 1.807) is 12.1 Å². The van der Waals surface area contributed by atoms with Gasteiger partial charge in [-0.25, -0.2) is 0 Å². The third-order valence-corrected chi connectivity index (χ3v) is 4.79. The van der Waals surface area contributed by atoms with E-state index in [0.717, 1.165) is 31.5 Å². The first-order valence-corrected chi connectivity index (χ1v) is 9.09. The summed E-state index contributed by atoms with van der Waals surface area (Å²) in [5, 5.41) is 9.02.